The SMILES string of the molecule is CCOC(=O)CCNc1cccc(CCOC(=O)CC)c1. The third-order valence-electron chi connectivity index (χ3n) is 2.83. The van der Waals surface area contributed by atoms with Gasteiger partial charge in [-0.3, -0.25) is 9.59 Å². The summed E-state index contributed by atoms with van der Waals surface area (Å²) in [5, 5.41) is 3.18. The lowest BCUT2D eigenvalue weighted by Gasteiger charge is -2.08. The molecule has 0 heterocycles. The number of carbonyl (C=O) groups excluding carboxylic acids is 2. The normalized spacial score (nSPS) is 10.0. The van der Waals surface area contributed by atoms with E-state index in [1.807, 2.05) is 24.3 Å². The van der Waals surface area contributed by atoms with E-state index in [1.165, 1.54) is 0 Å². The standard InChI is InChI=1S/C16H23NO4/c1-3-15(18)21-11-9-13-6-5-7-14(12-13)17-10-8-16(19)20-4-2/h5-7,12,17H,3-4,8-11H2,1-2H3. The van der Waals surface area contributed by atoms with Crippen molar-refractivity contribution in [3.8, 4) is 0 Å². The van der Waals surface area contributed by atoms with Gasteiger partial charge in [0, 0.05) is 25.1 Å². The molecule has 1 rings (SSSR count). The van der Waals surface area contributed by atoms with E-state index in [0.717, 1.165) is 11.3 Å². The molecular formula is C16H23NO4. The first-order valence-electron chi connectivity index (χ1n) is 7.29. The predicted molar refractivity (Wildman–Crippen MR) is 81.1 cm³/mol. The van der Waals surface area contributed by atoms with Crippen LogP contribution in [-0.2, 0) is 25.5 Å². The largest absolute Gasteiger partial charge is 0.466 e. The van der Waals surface area contributed by atoms with Crippen molar-refractivity contribution in [3.63, 3.8) is 0 Å². The van der Waals surface area contributed by atoms with Gasteiger partial charge in [0.1, 0.15) is 0 Å². The van der Waals surface area contributed by atoms with Crippen LogP contribution in [0, 0.1) is 0 Å². The van der Waals surface area contributed by atoms with E-state index in [9.17, 15) is 9.59 Å². The Kier molecular flexibility index (Phi) is 7.94. The van der Waals surface area contributed by atoms with Crippen molar-refractivity contribution < 1.29 is 19.1 Å². The summed E-state index contributed by atoms with van der Waals surface area (Å²) in [4.78, 5) is 22.3. The van der Waals surface area contributed by atoms with Crippen molar-refractivity contribution in [3.05, 3.63) is 29.8 Å². The minimum Gasteiger partial charge on any atom is -0.466 e. The topological polar surface area (TPSA) is 64.6 Å². The number of carbonyl (C=O) groups is 2. The smallest absolute Gasteiger partial charge is 0.307 e. The Hall–Kier alpha value is -2.04. The number of hydrogen-bond donors (Lipinski definition) is 1. The van der Waals surface area contributed by atoms with Gasteiger partial charge in [-0.25, -0.2) is 0 Å². The Morgan fingerprint density at radius 3 is 2.67 bits per heavy atom. The van der Waals surface area contributed by atoms with Crippen LogP contribution in [0.5, 0.6) is 0 Å². The first-order valence-corrected chi connectivity index (χ1v) is 7.29. The number of anilines is 1. The summed E-state index contributed by atoms with van der Waals surface area (Å²) < 4.78 is 9.92. The molecule has 0 aliphatic heterocycles. The molecule has 0 amide bonds. The van der Waals surface area contributed by atoms with Gasteiger partial charge >= 0.3 is 11.9 Å². The van der Waals surface area contributed by atoms with Gasteiger partial charge in [0.2, 0.25) is 0 Å². The first kappa shape index (κ1) is 17.0. The zero-order chi connectivity index (χ0) is 15.5. The van der Waals surface area contributed by atoms with E-state index in [1.54, 1.807) is 13.8 Å². The molecule has 0 fully saturated rings. The quantitative estimate of drug-likeness (QED) is 0.709. The van der Waals surface area contributed by atoms with Crippen molar-refractivity contribution in [2.24, 2.45) is 0 Å². The maximum Gasteiger partial charge on any atom is 0.307 e. The Balaban J connectivity index is 2.34. The van der Waals surface area contributed by atoms with Crippen LogP contribution in [0.1, 0.15) is 32.3 Å². The molecule has 0 bridgehead atoms. The number of esters is 2. The average Bonchev–Trinajstić information content (AvgIpc) is 2.48. The minimum absolute atomic E-state index is 0.182. The highest BCUT2D eigenvalue weighted by molar-refractivity contribution is 5.70. The third-order valence-corrected chi connectivity index (χ3v) is 2.83. The summed E-state index contributed by atoms with van der Waals surface area (Å²) in [6.07, 6.45) is 1.42. The van der Waals surface area contributed by atoms with Gasteiger partial charge in [-0.2, -0.15) is 0 Å². The second kappa shape index (κ2) is 9.80. The number of ether oxygens (including phenoxy) is 2. The zero-order valence-electron chi connectivity index (χ0n) is 12.7. The summed E-state index contributed by atoms with van der Waals surface area (Å²) in [7, 11) is 0. The summed E-state index contributed by atoms with van der Waals surface area (Å²) in [5.41, 5.74) is 2.03. The Morgan fingerprint density at radius 1 is 1.14 bits per heavy atom. The molecule has 116 valence electrons. The van der Waals surface area contributed by atoms with Crippen molar-refractivity contribution in [1.29, 1.82) is 0 Å². The van der Waals surface area contributed by atoms with Crippen LogP contribution in [0.25, 0.3) is 0 Å². The number of benzene rings is 1. The lowest BCUT2D eigenvalue weighted by atomic mass is 10.1. The summed E-state index contributed by atoms with van der Waals surface area (Å²) in [5.74, 6) is -0.383. The van der Waals surface area contributed by atoms with E-state index >= 15 is 0 Å². The van der Waals surface area contributed by atoms with Gasteiger partial charge in [-0.1, -0.05) is 19.1 Å². The molecule has 5 heteroatoms. The number of nitrogens with one attached hydrogen (secondary N) is 1. The molecule has 0 unspecified atom stereocenters. The summed E-state index contributed by atoms with van der Waals surface area (Å²) in [6.45, 7) is 4.90. The van der Waals surface area contributed by atoms with E-state index < -0.39 is 0 Å². The average molecular weight is 293 g/mol. The first-order chi connectivity index (χ1) is 10.2. The fourth-order valence-corrected chi connectivity index (χ4v) is 1.76. The van der Waals surface area contributed by atoms with Gasteiger partial charge in [0.05, 0.1) is 19.6 Å². The summed E-state index contributed by atoms with van der Waals surface area (Å²) in [6, 6.07) is 7.84. The maximum absolute atomic E-state index is 11.2. The molecule has 0 aromatic heterocycles. The minimum atomic E-state index is -0.201. The fourth-order valence-electron chi connectivity index (χ4n) is 1.76. The Bertz CT molecular complexity index is 459. The van der Waals surface area contributed by atoms with E-state index in [4.69, 9.17) is 9.47 Å². The molecule has 0 saturated heterocycles. The maximum atomic E-state index is 11.2. The monoisotopic (exact) mass is 293 g/mol. The Labute approximate surface area is 125 Å². The molecular weight excluding hydrogens is 270 g/mol. The van der Waals surface area contributed by atoms with Gasteiger partial charge < -0.3 is 14.8 Å². The highest BCUT2D eigenvalue weighted by Crippen LogP contribution is 2.11. The molecule has 1 aromatic rings. The van der Waals surface area contributed by atoms with Crippen LogP contribution < -0.4 is 5.32 Å². The summed E-state index contributed by atoms with van der Waals surface area (Å²) >= 11 is 0. The number of rotatable bonds is 9. The molecule has 0 radical (unpaired) electrons. The van der Waals surface area contributed by atoms with Crippen molar-refractivity contribution >= 4 is 17.6 Å². The fraction of sp³-hybridized carbons (Fsp3) is 0.500. The molecule has 0 aliphatic carbocycles. The van der Waals surface area contributed by atoms with Gasteiger partial charge in [-0.05, 0) is 24.6 Å². The van der Waals surface area contributed by atoms with Crippen LogP contribution in [0.15, 0.2) is 24.3 Å². The molecule has 0 saturated carbocycles. The van der Waals surface area contributed by atoms with Crippen LogP contribution in [0.2, 0.25) is 0 Å². The van der Waals surface area contributed by atoms with E-state index in [0.29, 0.717) is 39.0 Å². The third kappa shape index (κ3) is 7.34. The lowest BCUT2D eigenvalue weighted by molar-refractivity contribution is -0.143. The number of hydrogen-bond acceptors (Lipinski definition) is 5. The van der Waals surface area contributed by atoms with Crippen molar-refractivity contribution in [2.45, 2.75) is 33.1 Å². The van der Waals surface area contributed by atoms with Crippen LogP contribution in [-0.4, -0.2) is 31.7 Å². The van der Waals surface area contributed by atoms with Gasteiger partial charge in [-0.15, -0.1) is 0 Å². The molecule has 0 atom stereocenters. The molecule has 1 N–H and O–H groups in total. The van der Waals surface area contributed by atoms with E-state index in [2.05, 4.69) is 5.32 Å². The van der Waals surface area contributed by atoms with Crippen molar-refractivity contribution in [1.82, 2.24) is 0 Å². The van der Waals surface area contributed by atoms with Gasteiger partial charge in [0.25, 0.3) is 0 Å². The molecule has 0 spiro atoms. The van der Waals surface area contributed by atoms with E-state index in [-0.39, 0.29) is 11.9 Å². The van der Waals surface area contributed by atoms with Gasteiger partial charge in [0.15, 0.2) is 0 Å². The zero-order valence-corrected chi connectivity index (χ0v) is 12.7. The second-order valence-electron chi connectivity index (χ2n) is 4.51. The van der Waals surface area contributed by atoms with Crippen LogP contribution in [0.3, 0.4) is 0 Å². The highest BCUT2D eigenvalue weighted by Gasteiger charge is 2.02. The predicted octanol–water partition coefficient (Wildman–Crippen LogP) is 2.55. The highest BCUT2D eigenvalue weighted by atomic mass is 16.5. The van der Waals surface area contributed by atoms with Crippen LogP contribution in [0.4, 0.5) is 5.69 Å². The van der Waals surface area contributed by atoms with Crippen LogP contribution >= 0.6 is 0 Å². The molecule has 21 heavy (non-hydrogen) atoms. The second-order valence-corrected chi connectivity index (χ2v) is 4.51. The molecule has 5 nitrogen and oxygen atoms in total. The van der Waals surface area contributed by atoms with Crippen molar-refractivity contribution in [2.75, 3.05) is 25.1 Å². The molecule has 0 aliphatic rings. The molecule has 1 aromatic carbocycles. The Morgan fingerprint density at radius 2 is 1.95 bits per heavy atom. The lowest BCUT2D eigenvalue weighted by Crippen LogP contribution is -2.11.